The molecule has 104 valence electrons. The van der Waals surface area contributed by atoms with Crippen LogP contribution in [-0.4, -0.2) is 11.5 Å². The molecule has 3 rings (SSSR count). The monoisotopic (exact) mass is 258 g/mol. The third-order valence-corrected chi connectivity index (χ3v) is 5.56. The summed E-state index contributed by atoms with van der Waals surface area (Å²) in [5.74, 6) is 3.10. The number of hydrogen-bond acceptors (Lipinski definition) is 2. The van der Waals surface area contributed by atoms with Gasteiger partial charge in [-0.2, -0.15) is 0 Å². The molecule has 0 spiro atoms. The van der Waals surface area contributed by atoms with Gasteiger partial charge in [0.25, 0.3) is 0 Å². The molecule has 2 aliphatic carbocycles. The lowest BCUT2D eigenvalue weighted by atomic mass is 9.67. The predicted octanol–water partition coefficient (Wildman–Crippen LogP) is 3.51. The van der Waals surface area contributed by atoms with Gasteiger partial charge in [-0.25, -0.2) is 0 Å². The quantitative estimate of drug-likeness (QED) is 0.901. The molecule has 1 aromatic rings. The lowest BCUT2D eigenvalue weighted by molar-refractivity contribution is 0.151. The standard InChI is InChI=1S/C17H26N2/c1-2-12-5-6-14(11-18)16(10-12)15-8-7-13-4-3-9-19-17(13)15/h3-4,9,12,14-16H,2,5-8,10-11,18H2,1H3. The lowest BCUT2D eigenvalue weighted by Crippen LogP contribution is -2.33. The first-order chi connectivity index (χ1) is 9.33. The second kappa shape index (κ2) is 5.62. The summed E-state index contributed by atoms with van der Waals surface area (Å²) >= 11 is 0. The summed E-state index contributed by atoms with van der Waals surface area (Å²) in [6.07, 6.45) is 9.90. The molecule has 1 saturated carbocycles. The van der Waals surface area contributed by atoms with E-state index in [0.29, 0.717) is 5.92 Å². The highest BCUT2D eigenvalue weighted by Gasteiger charge is 2.38. The van der Waals surface area contributed by atoms with Crippen molar-refractivity contribution in [1.82, 2.24) is 4.98 Å². The Kier molecular flexibility index (Phi) is 3.88. The van der Waals surface area contributed by atoms with Gasteiger partial charge in [0.1, 0.15) is 0 Å². The van der Waals surface area contributed by atoms with Gasteiger partial charge >= 0.3 is 0 Å². The second-order valence-corrected chi connectivity index (χ2v) is 6.44. The van der Waals surface area contributed by atoms with Crippen LogP contribution in [0.5, 0.6) is 0 Å². The average Bonchev–Trinajstić information content (AvgIpc) is 2.90. The third-order valence-electron chi connectivity index (χ3n) is 5.56. The maximum Gasteiger partial charge on any atom is 0.0469 e. The van der Waals surface area contributed by atoms with Crippen LogP contribution in [0.25, 0.3) is 0 Å². The summed E-state index contributed by atoms with van der Waals surface area (Å²) < 4.78 is 0. The van der Waals surface area contributed by atoms with Crippen molar-refractivity contribution in [1.29, 1.82) is 0 Å². The van der Waals surface area contributed by atoms with Crippen molar-refractivity contribution in [3.05, 3.63) is 29.6 Å². The molecule has 0 saturated heterocycles. The molecule has 0 radical (unpaired) electrons. The number of pyridine rings is 1. The zero-order valence-corrected chi connectivity index (χ0v) is 12.0. The molecular formula is C17H26N2. The zero-order valence-electron chi connectivity index (χ0n) is 12.0. The molecule has 19 heavy (non-hydrogen) atoms. The molecule has 1 fully saturated rings. The minimum atomic E-state index is 0.680. The SMILES string of the molecule is CCC1CCC(CN)C(C2CCc3cccnc32)C1. The highest BCUT2D eigenvalue weighted by Crippen LogP contribution is 2.47. The van der Waals surface area contributed by atoms with Crippen LogP contribution < -0.4 is 5.73 Å². The molecule has 0 aliphatic heterocycles. The van der Waals surface area contributed by atoms with E-state index in [9.17, 15) is 0 Å². The molecule has 0 amide bonds. The Bertz CT molecular complexity index is 429. The number of nitrogens with two attached hydrogens (primary N) is 1. The van der Waals surface area contributed by atoms with Gasteiger partial charge in [-0.3, -0.25) is 4.98 Å². The van der Waals surface area contributed by atoms with Gasteiger partial charge in [-0.05, 0) is 61.6 Å². The molecule has 4 atom stereocenters. The van der Waals surface area contributed by atoms with E-state index in [-0.39, 0.29) is 0 Å². The van der Waals surface area contributed by atoms with E-state index < -0.39 is 0 Å². The maximum atomic E-state index is 6.05. The van der Waals surface area contributed by atoms with Crippen LogP contribution >= 0.6 is 0 Å². The van der Waals surface area contributed by atoms with E-state index in [4.69, 9.17) is 10.7 Å². The molecule has 4 unspecified atom stereocenters. The van der Waals surface area contributed by atoms with Crippen LogP contribution in [0.1, 0.15) is 56.2 Å². The number of rotatable bonds is 3. The number of hydrogen-bond donors (Lipinski definition) is 1. The fraction of sp³-hybridized carbons (Fsp3) is 0.706. The second-order valence-electron chi connectivity index (χ2n) is 6.44. The van der Waals surface area contributed by atoms with Gasteiger partial charge in [-0.1, -0.05) is 25.8 Å². The van der Waals surface area contributed by atoms with Crippen molar-refractivity contribution >= 4 is 0 Å². The molecule has 1 heterocycles. The van der Waals surface area contributed by atoms with Gasteiger partial charge in [0.05, 0.1) is 0 Å². The molecule has 2 N–H and O–H groups in total. The molecule has 1 aromatic heterocycles. The average molecular weight is 258 g/mol. The summed E-state index contributed by atoms with van der Waals surface area (Å²) in [6, 6.07) is 4.34. The number of aryl methyl sites for hydroxylation is 1. The predicted molar refractivity (Wildman–Crippen MR) is 79.0 cm³/mol. The summed E-state index contributed by atoms with van der Waals surface area (Å²) in [7, 11) is 0. The van der Waals surface area contributed by atoms with E-state index in [2.05, 4.69) is 19.1 Å². The molecular weight excluding hydrogens is 232 g/mol. The number of fused-ring (bicyclic) bond motifs is 1. The topological polar surface area (TPSA) is 38.9 Å². The minimum Gasteiger partial charge on any atom is -0.330 e. The van der Waals surface area contributed by atoms with Crippen LogP contribution in [0.2, 0.25) is 0 Å². The van der Waals surface area contributed by atoms with E-state index in [0.717, 1.165) is 24.3 Å². The molecule has 0 aromatic carbocycles. The van der Waals surface area contributed by atoms with Gasteiger partial charge in [0, 0.05) is 17.8 Å². The smallest absolute Gasteiger partial charge is 0.0469 e. The summed E-state index contributed by atoms with van der Waals surface area (Å²) in [5.41, 5.74) is 8.93. The Morgan fingerprint density at radius 3 is 3.00 bits per heavy atom. The van der Waals surface area contributed by atoms with Crippen LogP contribution in [0.15, 0.2) is 18.3 Å². The lowest BCUT2D eigenvalue weighted by Gasteiger charge is -2.39. The van der Waals surface area contributed by atoms with Crippen molar-refractivity contribution in [2.24, 2.45) is 23.5 Å². The molecule has 2 heteroatoms. The van der Waals surface area contributed by atoms with Crippen molar-refractivity contribution in [2.75, 3.05) is 6.54 Å². The van der Waals surface area contributed by atoms with E-state index in [1.807, 2.05) is 6.20 Å². The van der Waals surface area contributed by atoms with E-state index in [1.54, 1.807) is 0 Å². The third kappa shape index (κ3) is 2.43. The number of nitrogens with zero attached hydrogens (tertiary/aromatic N) is 1. The first kappa shape index (κ1) is 13.1. The zero-order chi connectivity index (χ0) is 13.2. The summed E-state index contributed by atoms with van der Waals surface area (Å²) in [5, 5.41) is 0. The van der Waals surface area contributed by atoms with Gasteiger partial charge in [0.15, 0.2) is 0 Å². The number of aromatic nitrogens is 1. The molecule has 0 bridgehead atoms. The van der Waals surface area contributed by atoms with E-state index in [1.165, 1.54) is 49.8 Å². The normalized spacial score (nSPS) is 34.2. The van der Waals surface area contributed by atoms with Gasteiger partial charge < -0.3 is 5.73 Å². The Morgan fingerprint density at radius 2 is 2.21 bits per heavy atom. The summed E-state index contributed by atoms with van der Waals surface area (Å²) in [4.78, 5) is 4.69. The fourth-order valence-corrected chi connectivity index (χ4v) is 4.38. The largest absolute Gasteiger partial charge is 0.330 e. The van der Waals surface area contributed by atoms with Gasteiger partial charge in [-0.15, -0.1) is 0 Å². The Morgan fingerprint density at radius 1 is 1.32 bits per heavy atom. The molecule has 2 nitrogen and oxygen atoms in total. The Balaban J connectivity index is 1.83. The van der Waals surface area contributed by atoms with Crippen LogP contribution in [-0.2, 0) is 6.42 Å². The van der Waals surface area contributed by atoms with E-state index >= 15 is 0 Å². The Hall–Kier alpha value is -0.890. The first-order valence-corrected chi connectivity index (χ1v) is 7.97. The molecule has 2 aliphatic rings. The highest BCUT2D eigenvalue weighted by atomic mass is 14.7. The minimum absolute atomic E-state index is 0.680. The highest BCUT2D eigenvalue weighted by molar-refractivity contribution is 5.29. The van der Waals surface area contributed by atoms with Crippen molar-refractivity contribution in [3.63, 3.8) is 0 Å². The van der Waals surface area contributed by atoms with Crippen LogP contribution in [0.3, 0.4) is 0 Å². The maximum absolute atomic E-state index is 6.05. The van der Waals surface area contributed by atoms with Crippen LogP contribution in [0, 0.1) is 17.8 Å². The van der Waals surface area contributed by atoms with Crippen molar-refractivity contribution < 1.29 is 0 Å². The van der Waals surface area contributed by atoms with Crippen LogP contribution in [0.4, 0.5) is 0 Å². The Labute approximate surface area is 116 Å². The fourth-order valence-electron chi connectivity index (χ4n) is 4.38. The van der Waals surface area contributed by atoms with Crippen molar-refractivity contribution in [2.45, 2.75) is 51.4 Å². The first-order valence-electron chi connectivity index (χ1n) is 7.97. The summed E-state index contributed by atoms with van der Waals surface area (Å²) in [6.45, 7) is 3.20. The van der Waals surface area contributed by atoms with Gasteiger partial charge in [0.2, 0.25) is 0 Å². The van der Waals surface area contributed by atoms with Crippen molar-refractivity contribution in [3.8, 4) is 0 Å².